The number of aryl methyl sites for hydroxylation is 1. The summed E-state index contributed by atoms with van der Waals surface area (Å²) in [7, 11) is 0. The first-order valence-corrected chi connectivity index (χ1v) is 5.60. The lowest BCUT2D eigenvalue weighted by atomic mass is 10.0. The Morgan fingerprint density at radius 3 is 2.65 bits per heavy atom. The van der Waals surface area contributed by atoms with E-state index in [-0.39, 0.29) is 5.91 Å². The van der Waals surface area contributed by atoms with Crippen LogP contribution in [0, 0.1) is 6.92 Å². The molecule has 0 aliphatic heterocycles. The SMILES string of the molecule is C=CC(=O)NCc1ccc(C)c2ccccc12. The molecule has 2 aromatic rings. The molecule has 0 fully saturated rings. The standard InChI is InChI=1S/C15H15NO/c1-3-15(17)16-10-12-9-8-11(2)13-6-4-5-7-14(12)13/h3-9H,1,10H2,2H3,(H,16,17). The molecular formula is C15H15NO. The van der Waals surface area contributed by atoms with E-state index in [4.69, 9.17) is 0 Å². The number of carbonyl (C=O) groups is 1. The van der Waals surface area contributed by atoms with Gasteiger partial charge in [0.15, 0.2) is 0 Å². The highest BCUT2D eigenvalue weighted by Crippen LogP contribution is 2.22. The number of rotatable bonds is 3. The number of hydrogen-bond acceptors (Lipinski definition) is 1. The molecule has 1 N–H and O–H groups in total. The number of fused-ring (bicyclic) bond motifs is 1. The molecule has 0 radical (unpaired) electrons. The predicted octanol–water partition coefficient (Wildman–Crippen LogP) is 2.95. The average molecular weight is 225 g/mol. The third-order valence-electron chi connectivity index (χ3n) is 2.87. The number of carbonyl (C=O) groups excluding carboxylic acids is 1. The van der Waals surface area contributed by atoms with Gasteiger partial charge < -0.3 is 5.32 Å². The van der Waals surface area contributed by atoms with Gasteiger partial charge in [0.05, 0.1) is 0 Å². The molecular weight excluding hydrogens is 210 g/mol. The van der Waals surface area contributed by atoms with Crippen LogP contribution in [-0.4, -0.2) is 5.91 Å². The summed E-state index contributed by atoms with van der Waals surface area (Å²) < 4.78 is 0. The monoisotopic (exact) mass is 225 g/mol. The fraction of sp³-hybridized carbons (Fsp3) is 0.133. The lowest BCUT2D eigenvalue weighted by molar-refractivity contribution is -0.116. The van der Waals surface area contributed by atoms with Crippen LogP contribution in [0.1, 0.15) is 11.1 Å². The summed E-state index contributed by atoms with van der Waals surface area (Å²) >= 11 is 0. The Morgan fingerprint density at radius 2 is 1.94 bits per heavy atom. The molecule has 0 saturated heterocycles. The summed E-state index contributed by atoms with van der Waals surface area (Å²) in [5, 5.41) is 5.23. The summed E-state index contributed by atoms with van der Waals surface area (Å²) in [6.07, 6.45) is 1.29. The molecule has 2 heteroatoms. The van der Waals surface area contributed by atoms with Gasteiger partial charge in [-0.3, -0.25) is 4.79 Å². The average Bonchev–Trinajstić information content (AvgIpc) is 2.38. The van der Waals surface area contributed by atoms with E-state index in [0.717, 1.165) is 5.56 Å². The van der Waals surface area contributed by atoms with Crippen LogP contribution in [0.4, 0.5) is 0 Å². The Balaban J connectivity index is 2.38. The minimum Gasteiger partial charge on any atom is -0.348 e. The van der Waals surface area contributed by atoms with Crippen LogP contribution in [0.5, 0.6) is 0 Å². The summed E-state index contributed by atoms with van der Waals surface area (Å²) in [5.74, 6) is -0.144. The molecule has 2 aromatic carbocycles. The molecule has 0 aliphatic carbocycles. The van der Waals surface area contributed by atoms with Crippen LogP contribution in [0.2, 0.25) is 0 Å². The van der Waals surface area contributed by atoms with Crippen LogP contribution in [0.3, 0.4) is 0 Å². The van der Waals surface area contributed by atoms with E-state index >= 15 is 0 Å². The van der Waals surface area contributed by atoms with Crippen molar-refractivity contribution in [1.82, 2.24) is 5.32 Å². The van der Waals surface area contributed by atoms with E-state index in [1.165, 1.54) is 22.4 Å². The van der Waals surface area contributed by atoms with Crippen LogP contribution < -0.4 is 5.32 Å². The topological polar surface area (TPSA) is 29.1 Å². The van der Waals surface area contributed by atoms with Gasteiger partial charge in [-0.2, -0.15) is 0 Å². The van der Waals surface area contributed by atoms with Crippen molar-refractivity contribution in [2.45, 2.75) is 13.5 Å². The van der Waals surface area contributed by atoms with Gasteiger partial charge >= 0.3 is 0 Å². The Labute approximate surface area is 101 Å². The van der Waals surface area contributed by atoms with Crippen LogP contribution >= 0.6 is 0 Å². The van der Waals surface area contributed by atoms with Gasteiger partial charge in [0.25, 0.3) is 0 Å². The highest BCUT2D eigenvalue weighted by Gasteiger charge is 2.03. The fourth-order valence-electron chi connectivity index (χ4n) is 1.92. The van der Waals surface area contributed by atoms with Gasteiger partial charge in [-0.15, -0.1) is 0 Å². The molecule has 17 heavy (non-hydrogen) atoms. The molecule has 0 spiro atoms. The Bertz CT molecular complexity index is 572. The number of amides is 1. The van der Waals surface area contributed by atoms with Gasteiger partial charge in [0.1, 0.15) is 0 Å². The maximum Gasteiger partial charge on any atom is 0.243 e. The molecule has 0 saturated carbocycles. The van der Waals surface area contributed by atoms with Crippen molar-refractivity contribution in [3.05, 3.63) is 60.2 Å². The van der Waals surface area contributed by atoms with E-state index in [0.29, 0.717) is 6.54 Å². The zero-order chi connectivity index (χ0) is 12.3. The lowest BCUT2D eigenvalue weighted by Gasteiger charge is -2.09. The second-order valence-corrected chi connectivity index (χ2v) is 4.01. The maximum atomic E-state index is 11.2. The molecule has 0 atom stereocenters. The zero-order valence-electron chi connectivity index (χ0n) is 9.86. The van der Waals surface area contributed by atoms with Gasteiger partial charge in [-0.25, -0.2) is 0 Å². The summed E-state index contributed by atoms with van der Waals surface area (Å²) in [6.45, 7) is 6.06. The first-order valence-electron chi connectivity index (χ1n) is 5.60. The molecule has 86 valence electrons. The highest BCUT2D eigenvalue weighted by atomic mass is 16.1. The largest absolute Gasteiger partial charge is 0.348 e. The third-order valence-corrected chi connectivity index (χ3v) is 2.87. The Kier molecular flexibility index (Phi) is 3.24. The summed E-state index contributed by atoms with van der Waals surface area (Å²) in [6, 6.07) is 12.4. The number of hydrogen-bond donors (Lipinski definition) is 1. The second kappa shape index (κ2) is 4.83. The summed E-state index contributed by atoms with van der Waals surface area (Å²) in [4.78, 5) is 11.2. The predicted molar refractivity (Wildman–Crippen MR) is 70.7 cm³/mol. The first kappa shape index (κ1) is 11.4. The molecule has 1 amide bonds. The van der Waals surface area contributed by atoms with Crippen molar-refractivity contribution in [3.8, 4) is 0 Å². The van der Waals surface area contributed by atoms with Crippen LogP contribution in [0.25, 0.3) is 10.8 Å². The van der Waals surface area contributed by atoms with Crippen molar-refractivity contribution < 1.29 is 4.79 Å². The van der Waals surface area contributed by atoms with Crippen molar-refractivity contribution in [3.63, 3.8) is 0 Å². The van der Waals surface area contributed by atoms with Gasteiger partial charge in [-0.1, -0.05) is 43.0 Å². The van der Waals surface area contributed by atoms with E-state index in [2.05, 4.69) is 43.1 Å². The smallest absolute Gasteiger partial charge is 0.243 e. The lowest BCUT2D eigenvalue weighted by Crippen LogP contribution is -2.20. The van der Waals surface area contributed by atoms with E-state index < -0.39 is 0 Å². The van der Waals surface area contributed by atoms with Gasteiger partial charge in [-0.05, 0) is 34.9 Å². The van der Waals surface area contributed by atoms with Gasteiger partial charge in [0.2, 0.25) is 5.91 Å². The molecule has 0 heterocycles. The normalized spacial score (nSPS) is 10.2. The zero-order valence-corrected chi connectivity index (χ0v) is 9.86. The minimum absolute atomic E-state index is 0.144. The molecule has 2 nitrogen and oxygen atoms in total. The quantitative estimate of drug-likeness (QED) is 0.799. The maximum absolute atomic E-state index is 11.2. The first-order chi connectivity index (χ1) is 8.22. The minimum atomic E-state index is -0.144. The number of benzene rings is 2. The highest BCUT2D eigenvalue weighted by molar-refractivity contribution is 5.90. The molecule has 0 aliphatic rings. The molecule has 0 aromatic heterocycles. The Morgan fingerprint density at radius 1 is 1.24 bits per heavy atom. The Hall–Kier alpha value is -2.09. The summed E-state index contributed by atoms with van der Waals surface area (Å²) in [5.41, 5.74) is 2.38. The molecule has 2 rings (SSSR count). The van der Waals surface area contributed by atoms with Crippen molar-refractivity contribution in [2.24, 2.45) is 0 Å². The van der Waals surface area contributed by atoms with Crippen molar-refractivity contribution in [1.29, 1.82) is 0 Å². The van der Waals surface area contributed by atoms with E-state index in [1.807, 2.05) is 12.1 Å². The van der Waals surface area contributed by atoms with Crippen molar-refractivity contribution >= 4 is 16.7 Å². The van der Waals surface area contributed by atoms with Gasteiger partial charge in [0, 0.05) is 6.54 Å². The third kappa shape index (κ3) is 2.36. The molecule has 0 bridgehead atoms. The fourth-order valence-corrected chi connectivity index (χ4v) is 1.92. The van der Waals surface area contributed by atoms with Crippen LogP contribution in [-0.2, 0) is 11.3 Å². The van der Waals surface area contributed by atoms with Crippen LogP contribution in [0.15, 0.2) is 49.1 Å². The number of nitrogens with one attached hydrogen (secondary N) is 1. The molecule has 0 unspecified atom stereocenters. The van der Waals surface area contributed by atoms with E-state index in [9.17, 15) is 4.79 Å². The van der Waals surface area contributed by atoms with Crippen molar-refractivity contribution in [2.75, 3.05) is 0 Å². The second-order valence-electron chi connectivity index (χ2n) is 4.01. The van der Waals surface area contributed by atoms with E-state index in [1.54, 1.807) is 0 Å².